The first-order chi connectivity index (χ1) is 11.8. The Bertz CT molecular complexity index is 512. The molecule has 0 aromatic heterocycles. The number of benzene rings is 1. The van der Waals surface area contributed by atoms with Crippen LogP contribution in [-0.4, -0.2) is 67.7 Å². The van der Waals surface area contributed by atoms with E-state index < -0.39 is 0 Å². The normalized spacial score (nSPS) is 21.8. The first-order valence-corrected chi connectivity index (χ1v) is 9.92. The lowest BCUT2D eigenvalue weighted by Gasteiger charge is -2.31. The molecule has 2 unspecified atom stereocenters. The predicted molar refractivity (Wildman–Crippen MR) is 113 cm³/mol. The summed E-state index contributed by atoms with van der Waals surface area (Å²) in [6.45, 7) is 5.25. The summed E-state index contributed by atoms with van der Waals surface area (Å²) < 4.78 is 5.43. The van der Waals surface area contributed by atoms with Crippen LogP contribution in [-0.2, 0) is 9.53 Å². The highest BCUT2D eigenvalue weighted by molar-refractivity contribution is 7.99. The molecular weight excluding hydrogens is 393 g/mol. The number of morpholine rings is 1. The van der Waals surface area contributed by atoms with E-state index in [4.69, 9.17) is 4.74 Å². The summed E-state index contributed by atoms with van der Waals surface area (Å²) in [6, 6.07) is 10.6. The minimum absolute atomic E-state index is 0. The molecule has 2 heterocycles. The van der Waals surface area contributed by atoms with Crippen molar-refractivity contribution in [2.75, 3.05) is 50.9 Å². The van der Waals surface area contributed by atoms with E-state index in [2.05, 4.69) is 27.7 Å². The molecule has 5 nitrogen and oxygen atoms in total. The third-order valence-corrected chi connectivity index (χ3v) is 5.64. The van der Waals surface area contributed by atoms with Gasteiger partial charge in [-0.15, -0.1) is 24.8 Å². The Hall–Kier alpha value is -0.500. The number of nitrogens with zero attached hydrogens (tertiary/aromatic N) is 1. The number of carbonyl (C=O) groups excluding carboxylic acids is 1. The quantitative estimate of drug-likeness (QED) is 0.736. The second-order valence-electron chi connectivity index (χ2n) is 6.37. The maximum absolute atomic E-state index is 12.5. The summed E-state index contributed by atoms with van der Waals surface area (Å²) in [5.74, 6) is 2.30. The summed E-state index contributed by atoms with van der Waals surface area (Å²) in [6.07, 6.45) is 0.555. The lowest BCUT2D eigenvalue weighted by molar-refractivity contribution is -0.122. The van der Waals surface area contributed by atoms with Gasteiger partial charge in [0.2, 0.25) is 5.91 Å². The second kappa shape index (κ2) is 12.8. The molecule has 0 bridgehead atoms. The van der Waals surface area contributed by atoms with Crippen molar-refractivity contribution in [3.05, 3.63) is 35.9 Å². The molecule has 3 rings (SSSR count). The van der Waals surface area contributed by atoms with Gasteiger partial charge in [-0.05, 0) is 5.56 Å². The standard InChI is InChI=1S/C18H27N3O2S.2ClH/c22-18(12-16-14-24-11-6-19-16)20-17(15-4-2-1-3-5-15)13-21-7-9-23-10-8-21;;/h1-5,16-17,19H,6-14H2,(H,20,22);2*1H. The summed E-state index contributed by atoms with van der Waals surface area (Å²) >= 11 is 1.92. The number of ether oxygens (including phenoxy) is 1. The molecule has 0 aliphatic carbocycles. The second-order valence-corrected chi connectivity index (χ2v) is 7.52. The summed E-state index contributed by atoms with van der Waals surface area (Å²) in [7, 11) is 0. The van der Waals surface area contributed by atoms with Gasteiger partial charge in [-0.2, -0.15) is 11.8 Å². The molecule has 1 aromatic rings. The highest BCUT2D eigenvalue weighted by atomic mass is 35.5. The Balaban J connectivity index is 0.00000169. The number of amides is 1. The van der Waals surface area contributed by atoms with Crippen LogP contribution < -0.4 is 10.6 Å². The third-order valence-electron chi connectivity index (χ3n) is 4.51. The van der Waals surface area contributed by atoms with Crippen LogP contribution in [0.4, 0.5) is 0 Å². The number of nitrogens with one attached hydrogen (secondary N) is 2. The average molecular weight is 422 g/mol. The van der Waals surface area contributed by atoms with Crippen molar-refractivity contribution in [1.82, 2.24) is 15.5 Å². The fourth-order valence-electron chi connectivity index (χ4n) is 3.19. The molecule has 8 heteroatoms. The van der Waals surface area contributed by atoms with Crippen LogP contribution in [0.5, 0.6) is 0 Å². The highest BCUT2D eigenvalue weighted by Gasteiger charge is 2.22. The molecule has 2 aliphatic rings. The van der Waals surface area contributed by atoms with E-state index >= 15 is 0 Å². The topological polar surface area (TPSA) is 53.6 Å². The van der Waals surface area contributed by atoms with E-state index in [0.717, 1.165) is 50.9 Å². The zero-order chi connectivity index (χ0) is 16.6. The number of hydrogen-bond donors (Lipinski definition) is 2. The Labute approximate surface area is 172 Å². The van der Waals surface area contributed by atoms with Crippen LogP contribution in [0.25, 0.3) is 0 Å². The number of rotatable bonds is 6. The first kappa shape index (κ1) is 23.5. The lowest BCUT2D eigenvalue weighted by Crippen LogP contribution is -2.45. The SMILES string of the molecule is Cl.Cl.O=C(CC1CSCCN1)NC(CN1CCOCC1)c1ccccc1. The van der Waals surface area contributed by atoms with Gasteiger partial charge in [-0.3, -0.25) is 9.69 Å². The van der Waals surface area contributed by atoms with Gasteiger partial charge >= 0.3 is 0 Å². The molecule has 0 radical (unpaired) electrons. The van der Waals surface area contributed by atoms with E-state index in [1.54, 1.807) is 0 Å². The van der Waals surface area contributed by atoms with E-state index in [1.165, 1.54) is 5.56 Å². The van der Waals surface area contributed by atoms with Crippen LogP contribution in [0, 0.1) is 0 Å². The molecule has 2 saturated heterocycles. The molecule has 0 spiro atoms. The Morgan fingerprint density at radius 1 is 1.27 bits per heavy atom. The van der Waals surface area contributed by atoms with Crippen molar-refractivity contribution in [1.29, 1.82) is 0 Å². The van der Waals surface area contributed by atoms with E-state index in [9.17, 15) is 4.79 Å². The molecule has 1 aromatic carbocycles. The van der Waals surface area contributed by atoms with Gasteiger partial charge in [-0.25, -0.2) is 0 Å². The summed E-state index contributed by atoms with van der Waals surface area (Å²) in [5, 5.41) is 6.69. The van der Waals surface area contributed by atoms with Crippen molar-refractivity contribution in [2.45, 2.75) is 18.5 Å². The number of halogens is 2. The summed E-state index contributed by atoms with van der Waals surface area (Å²) in [4.78, 5) is 14.9. The Morgan fingerprint density at radius 3 is 2.65 bits per heavy atom. The Kier molecular flexibility index (Phi) is 11.6. The largest absolute Gasteiger partial charge is 0.379 e. The van der Waals surface area contributed by atoms with Gasteiger partial charge in [0.1, 0.15) is 0 Å². The monoisotopic (exact) mass is 421 g/mol. The van der Waals surface area contributed by atoms with Crippen molar-refractivity contribution in [2.24, 2.45) is 0 Å². The average Bonchev–Trinajstić information content (AvgIpc) is 2.63. The fourth-order valence-corrected chi connectivity index (χ4v) is 4.14. The van der Waals surface area contributed by atoms with Crippen molar-refractivity contribution < 1.29 is 9.53 Å². The molecule has 26 heavy (non-hydrogen) atoms. The smallest absolute Gasteiger partial charge is 0.222 e. The van der Waals surface area contributed by atoms with E-state index in [1.807, 2.05) is 30.0 Å². The number of hydrogen-bond acceptors (Lipinski definition) is 5. The maximum Gasteiger partial charge on any atom is 0.222 e. The Morgan fingerprint density at radius 2 is 2.00 bits per heavy atom. The van der Waals surface area contributed by atoms with Crippen LogP contribution in [0.15, 0.2) is 30.3 Å². The van der Waals surface area contributed by atoms with Gasteiger partial charge in [0.25, 0.3) is 0 Å². The van der Waals surface area contributed by atoms with Crippen LogP contribution >= 0.6 is 36.6 Å². The molecule has 2 N–H and O–H groups in total. The molecule has 2 atom stereocenters. The van der Waals surface area contributed by atoms with Gasteiger partial charge in [0, 0.05) is 50.1 Å². The van der Waals surface area contributed by atoms with Gasteiger partial charge in [0.05, 0.1) is 19.3 Å². The zero-order valence-electron chi connectivity index (χ0n) is 14.9. The van der Waals surface area contributed by atoms with E-state index in [-0.39, 0.29) is 36.8 Å². The van der Waals surface area contributed by atoms with Crippen molar-refractivity contribution in [3.8, 4) is 0 Å². The molecule has 148 valence electrons. The van der Waals surface area contributed by atoms with Crippen LogP contribution in [0.2, 0.25) is 0 Å². The lowest BCUT2D eigenvalue weighted by atomic mass is 10.1. The minimum Gasteiger partial charge on any atom is -0.379 e. The van der Waals surface area contributed by atoms with Gasteiger partial charge in [-0.1, -0.05) is 30.3 Å². The van der Waals surface area contributed by atoms with Crippen molar-refractivity contribution >= 4 is 42.5 Å². The van der Waals surface area contributed by atoms with E-state index in [0.29, 0.717) is 12.5 Å². The number of carbonyl (C=O) groups is 1. The maximum atomic E-state index is 12.5. The minimum atomic E-state index is 0. The highest BCUT2D eigenvalue weighted by Crippen LogP contribution is 2.16. The molecule has 2 fully saturated rings. The fraction of sp³-hybridized carbons (Fsp3) is 0.611. The molecule has 2 aliphatic heterocycles. The molecular formula is C18H29Cl2N3O2S. The zero-order valence-corrected chi connectivity index (χ0v) is 17.3. The van der Waals surface area contributed by atoms with Crippen LogP contribution in [0.3, 0.4) is 0 Å². The molecule has 1 amide bonds. The third kappa shape index (κ3) is 7.62. The van der Waals surface area contributed by atoms with Crippen LogP contribution in [0.1, 0.15) is 18.0 Å². The first-order valence-electron chi connectivity index (χ1n) is 8.77. The van der Waals surface area contributed by atoms with Crippen molar-refractivity contribution in [3.63, 3.8) is 0 Å². The van der Waals surface area contributed by atoms with Gasteiger partial charge < -0.3 is 15.4 Å². The molecule has 0 saturated carbocycles. The van der Waals surface area contributed by atoms with Gasteiger partial charge in [0.15, 0.2) is 0 Å². The predicted octanol–water partition coefficient (Wildman–Crippen LogP) is 2.11. The summed E-state index contributed by atoms with van der Waals surface area (Å²) in [5.41, 5.74) is 1.17. The number of thioether (sulfide) groups is 1.